The number of aryl methyl sites for hydroxylation is 1. The highest BCUT2D eigenvalue weighted by molar-refractivity contribution is 6.14. The van der Waals surface area contributed by atoms with E-state index in [2.05, 4.69) is 113 Å². The van der Waals surface area contributed by atoms with Crippen molar-refractivity contribution in [2.75, 3.05) is 0 Å². The molecule has 12 aromatic rings. The van der Waals surface area contributed by atoms with E-state index in [-0.39, 0.29) is 0 Å². The third kappa shape index (κ3) is 6.44. The first-order chi connectivity index (χ1) is 33.1. The van der Waals surface area contributed by atoms with E-state index in [4.69, 9.17) is 13.1 Å². The number of hydrogen-bond acceptors (Lipinski definition) is 8. The van der Waals surface area contributed by atoms with Gasteiger partial charge in [0.1, 0.15) is 0 Å². The second-order valence-corrected chi connectivity index (χ2v) is 15.9. The smallest absolute Gasteiger partial charge is 0.212 e. The van der Waals surface area contributed by atoms with Crippen LogP contribution in [0.25, 0.3) is 121 Å². The maximum atomic E-state index is 8.88. The first-order valence-corrected chi connectivity index (χ1v) is 21.4. The van der Waals surface area contributed by atoms with Gasteiger partial charge in [-0.15, -0.1) is 0 Å². The lowest BCUT2D eigenvalue weighted by atomic mass is 9.95. The zero-order valence-electron chi connectivity index (χ0n) is 35.6. The number of nitrogens with zero attached hydrogens (tertiary/aromatic N) is 12. The summed E-state index contributed by atoms with van der Waals surface area (Å²) >= 11 is 0. The topological polar surface area (TPSA) is 122 Å². The summed E-state index contributed by atoms with van der Waals surface area (Å²) in [4.78, 5) is 44.9. The van der Waals surface area contributed by atoms with Gasteiger partial charge in [-0.05, 0) is 127 Å². The molecule has 12 rings (SSSR count). The first-order valence-electron chi connectivity index (χ1n) is 21.4. The SMILES string of the molecule is [C-]#[N+]c1cc(-n2c3ccc(-c4ncccn4)cc3c3cc(-c4ncccn4)ccc32)c(-c2c(C)cccc2[N+]#[C-])cc1-n1c2ccc(-c3ncccn3)cc2c2cc(-c3ncccn3)ccc21. The van der Waals surface area contributed by atoms with Gasteiger partial charge < -0.3 is 9.13 Å². The summed E-state index contributed by atoms with van der Waals surface area (Å²) in [6, 6.07) is 41.9. The van der Waals surface area contributed by atoms with E-state index in [1.165, 1.54) is 0 Å². The summed E-state index contributed by atoms with van der Waals surface area (Å²) < 4.78 is 4.35. The van der Waals surface area contributed by atoms with Crippen molar-refractivity contribution in [3.63, 3.8) is 0 Å². The Hall–Kier alpha value is -9.78. The van der Waals surface area contributed by atoms with E-state index >= 15 is 0 Å². The molecular formula is C55H32N12. The fourth-order valence-electron chi connectivity index (χ4n) is 9.23. The summed E-state index contributed by atoms with van der Waals surface area (Å²) in [6.07, 6.45) is 13.9. The molecule has 6 aromatic heterocycles. The average Bonchev–Trinajstić information content (AvgIpc) is 3.90. The van der Waals surface area contributed by atoms with Gasteiger partial charge in [0.25, 0.3) is 0 Å². The zero-order chi connectivity index (χ0) is 45.0. The number of aromatic nitrogens is 10. The van der Waals surface area contributed by atoms with Crippen molar-refractivity contribution in [3.8, 4) is 68.1 Å². The molecule has 0 aliphatic rings. The minimum atomic E-state index is 0.417. The molecule has 312 valence electrons. The van der Waals surface area contributed by atoms with Crippen LogP contribution in [-0.4, -0.2) is 49.0 Å². The Balaban J connectivity index is 1.18. The standard InChI is InChI=1S/C55H32N12/c1-33-9-4-10-43(56-2)51(33)42-31-50(67-47-17-13-36(54-62-23-7-24-63-54)29-40(47)41-30-37(14-18-48(41)67)55-64-25-8-26-65-55)44(57-3)32-49(42)66-45-15-11-34(52-58-19-5-20-59-52)27-38(45)39-28-35(12-16-46(39)66)53-60-21-6-22-61-53/h4-32H,1H3. The predicted octanol–water partition coefficient (Wildman–Crippen LogP) is 12.8. The second-order valence-electron chi connectivity index (χ2n) is 15.9. The van der Waals surface area contributed by atoms with Crippen LogP contribution >= 0.6 is 0 Å². The molecular weight excluding hydrogens is 829 g/mol. The number of hydrogen-bond donors (Lipinski definition) is 0. The molecule has 0 saturated heterocycles. The molecule has 0 unspecified atom stereocenters. The number of rotatable bonds is 7. The second kappa shape index (κ2) is 15.8. The molecule has 12 heteroatoms. The minimum Gasteiger partial charge on any atom is -0.319 e. The highest BCUT2D eigenvalue weighted by Crippen LogP contribution is 2.47. The van der Waals surface area contributed by atoms with E-state index in [9.17, 15) is 0 Å². The lowest BCUT2D eigenvalue weighted by Crippen LogP contribution is -2.02. The Morgan fingerprint density at radius 1 is 0.373 bits per heavy atom. The maximum Gasteiger partial charge on any atom is 0.212 e. The molecule has 0 atom stereocenters. The molecule has 0 fully saturated rings. The van der Waals surface area contributed by atoms with Crippen molar-refractivity contribution >= 4 is 55.0 Å². The number of benzene rings is 6. The molecule has 0 spiro atoms. The Kier molecular flexibility index (Phi) is 9.15. The molecule has 6 heterocycles. The summed E-state index contributed by atoms with van der Waals surface area (Å²) in [5.74, 6) is 2.41. The third-order valence-corrected chi connectivity index (χ3v) is 12.2. The van der Waals surface area contributed by atoms with Crippen LogP contribution in [0.15, 0.2) is 177 Å². The lowest BCUT2D eigenvalue weighted by molar-refractivity contribution is 1.15. The summed E-state index contributed by atoms with van der Waals surface area (Å²) in [6.45, 7) is 19.3. The molecule has 0 radical (unpaired) electrons. The quantitative estimate of drug-likeness (QED) is 0.145. The van der Waals surface area contributed by atoms with Crippen molar-refractivity contribution in [1.29, 1.82) is 0 Å². The highest BCUT2D eigenvalue weighted by Gasteiger charge is 2.25. The summed E-state index contributed by atoms with van der Waals surface area (Å²) in [7, 11) is 0. The Bertz CT molecular complexity index is 3810. The van der Waals surface area contributed by atoms with Crippen LogP contribution in [0.1, 0.15) is 5.56 Å². The molecule has 0 aliphatic carbocycles. The summed E-state index contributed by atoms with van der Waals surface area (Å²) in [5, 5.41) is 3.78. The van der Waals surface area contributed by atoms with Gasteiger partial charge in [0.15, 0.2) is 29.0 Å². The van der Waals surface area contributed by atoms with Crippen molar-refractivity contribution in [2.45, 2.75) is 6.92 Å². The van der Waals surface area contributed by atoms with E-state index in [1.54, 1.807) is 73.8 Å². The Labute approximate surface area is 382 Å². The van der Waals surface area contributed by atoms with Crippen LogP contribution in [0.5, 0.6) is 0 Å². The van der Waals surface area contributed by atoms with Crippen LogP contribution in [-0.2, 0) is 0 Å². The first kappa shape index (κ1) is 38.9. The molecule has 0 saturated carbocycles. The van der Waals surface area contributed by atoms with Crippen LogP contribution in [0, 0.1) is 20.1 Å². The predicted molar refractivity (Wildman–Crippen MR) is 262 cm³/mol. The van der Waals surface area contributed by atoms with Gasteiger partial charge >= 0.3 is 0 Å². The van der Waals surface area contributed by atoms with Crippen molar-refractivity contribution in [3.05, 3.63) is 205 Å². The van der Waals surface area contributed by atoms with E-state index in [0.717, 1.165) is 88.2 Å². The van der Waals surface area contributed by atoms with Crippen LogP contribution < -0.4 is 0 Å². The van der Waals surface area contributed by atoms with E-state index < -0.39 is 0 Å². The molecule has 6 aromatic carbocycles. The van der Waals surface area contributed by atoms with Gasteiger partial charge in [-0.2, -0.15) is 0 Å². The van der Waals surface area contributed by atoms with Gasteiger partial charge in [-0.1, -0.05) is 23.8 Å². The Morgan fingerprint density at radius 3 is 1.09 bits per heavy atom. The maximum absolute atomic E-state index is 8.88. The lowest BCUT2D eigenvalue weighted by Gasteiger charge is -2.21. The third-order valence-electron chi connectivity index (χ3n) is 12.2. The van der Waals surface area contributed by atoms with Crippen LogP contribution in [0.4, 0.5) is 11.4 Å². The van der Waals surface area contributed by atoms with Crippen LogP contribution in [0.2, 0.25) is 0 Å². The molecule has 0 N–H and O–H groups in total. The fraction of sp³-hybridized carbons (Fsp3) is 0.0182. The normalized spacial score (nSPS) is 11.3. The van der Waals surface area contributed by atoms with Gasteiger partial charge in [-0.3, -0.25) is 0 Å². The zero-order valence-corrected chi connectivity index (χ0v) is 35.6. The summed E-state index contributed by atoms with van der Waals surface area (Å²) in [5.41, 5.74) is 11.8. The molecule has 67 heavy (non-hydrogen) atoms. The van der Waals surface area contributed by atoms with E-state index in [0.29, 0.717) is 40.4 Å². The van der Waals surface area contributed by atoms with Crippen molar-refractivity contribution < 1.29 is 0 Å². The van der Waals surface area contributed by atoms with Gasteiger partial charge in [0, 0.05) is 99.1 Å². The molecule has 0 amide bonds. The van der Waals surface area contributed by atoms with Gasteiger partial charge in [-0.25, -0.2) is 49.6 Å². The monoisotopic (exact) mass is 860 g/mol. The van der Waals surface area contributed by atoms with Crippen molar-refractivity contribution in [2.24, 2.45) is 0 Å². The molecule has 0 bridgehead atoms. The number of fused-ring (bicyclic) bond motifs is 6. The minimum absolute atomic E-state index is 0.417. The largest absolute Gasteiger partial charge is 0.319 e. The molecule has 0 aliphatic heterocycles. The van der Waals surface area contributed by atoms with Crippen molar-refractivity contribution in [1.82, 2.24) is 49.0 Å². The highest BCUT2D eigenvalue weighted by atomic mass is 15.0. The van der Waals surface area contributed by atoms with Gasteiger partial charge in [0.05, 0.1) is 40.9 Å². The van der Waals surface area contributed by atoms with Crippen LogP contribution in [0.3, 0.4) is 0 Å². The Morgan fingerprint density at radius 2 is 0.731 bits per heavy atom. The fourth-order valence-corrected chi connectivity index (χ4v) is 9.23. The average molecular weight is 861 g/mol. The molecule has 12 nitrogen and oxygen atoms in total. The van der Waals surface area contributed by atoms with Gasteiger partial charge in [0.2, 0.25) is 5.69 Å². The van der Waals surface area contributed by atoms with E-state index in [1.807, 2.05) is 55.5 Å².